The second-order valence-electron chi connectivity index (χ2n) is 14.4. The van der Waals surface area contributed by atoms with Crippen LogP contribution in [0.5, 0.6) is 5.75 Å². The second-order valence-corrected chi connectivity index (χ2v) is 14.4. The lowest BCUT2D eigenvalue weighted by molar-refractivity contribution is -0.172. The molecule has 14 nitrogen and oxygen atoms in total. The highest BCUT2D eigenvalue weighted by Crippen LogP contribution is 2.41. The van der Waals surface area contributed by atoms with Crippen molar-refractivity contribution in [2.24, 2.45) is 5.92 Å². The maximum absolute atomic E-state index is 15.4. The number of nitrogens with one attached hydrogen (secondary N) is 3. The molecule has 2 aliphatic rings. The molecule has 0 spiro atoms. The average Bonchev–Trinajstić information content (AvgIpc) is 3.43. The Hall–Kier alpha value is -5.05. The number of esters is 1. The van der Waals surface area contributed by atoms with Crippen molar-refractivity contribution in [3.8, 4) is 17.1 Å². The number of halogens is 1. The lowest BCUT2D eigenvalue weighted by atomic mass is 9.86. The van der Waals surface area contributed by atoms with E-state index < -0.39 is 53.0 Å². The fourth-order valence-electron chi connectivity index (χ4n) is 6.50. The number of pyridine rings is 2. The van der Waals surface area contributed by atoms with Crippen molar-refractivity contribution in [3.63, 3.8) is 0 Å². The van der Waals surface area contributed by atoms with Crippen LogP contribution >= 0.6 is 0 Å². The van der Waals surface area contributed by atoms with Crippen LogP contribution in [0.2, 0.25) is 0 Å². The first-order chi connectivity index (χ1) is 24.4. The highest BCUT2D eigenvalue weighted by atomic mass is 19.1. The molecule has 280 valence electrons. The van der Waals surface area contributed by atoms with Gasteiger partial charge in [0.2, 0.25) is 11.8 Å². The summed E-state index contributed by atoms with van der Waals surface area (Å²) in [6.45, 7) is 13.6. The van der Waals surface area contributed by atoms with Gasteiger partial charge in [0.1, 0.15) is 30.9 Å². The van der Waals surface area contributed by atoms with Gasteiger partial charge in [-0.05, 0) is 64.2 Å². The summed E-state index contributed by atoms with van der Waals surface area (Å²) in [6, 6.07) is 2.52. The third kappa shape index (κ3) is 7.31. The molecule has 0 saturated heterocycles. The zero-order valence-corrected chi connectivity index (χ0v) is 30.7. The quantitative estimate of drug-likeness (QED) is 0.132. The number of hydrogen-bond donors (Lipinski definition) is 4. The van der Waals surface area contributed by atoms with E-state index in [4.69, 9.17) is 19.2 Å². The van der Waals surface area contributed by atoms with Gasteiger partial charge in [0.25, 0.3) is 5.56 Å². The molecule has 0 unspecified atom stereocenters. The first-order valence-electron chi connectivity index (χ1n) is 17.4. The number of ether oxygens (including phenoxy) is 3. The van der Waals surface area contributed by atoms with Crippen LogP contribution in [0.25, 0.3) is 22.3 Å². The van der Waals surface area contributed by atoms with E-state index in [1.54, 1.807) is 53.7 Å². The number of aliphatic hydroxyl groups is 1. The topological polar surface area (TPSA) is 187 Å². The Bertz CT molecular complexity index is 2000. The monoisotopic (exact) mass is 723 g/mol. The van der Waals surface area contributed by atoms with E-state index in [1.807, 2.05) is 6.92 Å². The third-order valence-corrected chi connectivity index (χ3v) is 9.25. The summed E-state index contributed by atoms with van der Waals surface area (Å²) in [7, 11) is 0. The van der Waals surface area contributed by atoms with Crippen LogP contribution < -0.4 is 26.2 Å². The summed E-state index contributed by atoms with van der Waals surface area (Å²) < 4.78 is 33.0. The Morgan fingerprint density at radius 1 is 1.08 bits per heavy atom. The molecule has 0 bridgehead atoms. The van der Waals surface area contributed by atoms with Gasteiger partial charge in [-0.1, -0.05) is 27.7 Å². The molecule has 3 amide bonds. The van der Waals surface area contributed by atoms with Crippen LogP contribution in [0.4, 0.5) is 9.18 Å². The molecule has 0 saturated carbocycles. The van der Waals surface area contributed by atoms with Crippen LogP contribution in [0.15, 0.2) is 23.0 Å². The molecule has 1 aromatic carbocycles. The molecule has 4 heterocycles. The maximum atomic E-state index is 15.4. The predicted octanol–water partition coefficient (Wildman–Crippen LogP) is 3.33. The van der Waals surface area contributed by atoms with Crippen LogP contribution in [-0.2, 0) is 49.0 Å². The van der Waals surface area contributed by atoms with Gasteiger partial charge >= 0.3 is 12.1 Å². The number of carbonyl (C=O) groups excluding carboxylic acids is 4. The number of aryl methyl sites for hydroxylation is 1. The van der Waals surface area contributed by atoms with Gasteiger partial charge in [-0.3, -0.25) is 14.4 Å². The summed E-state index contributed by atoms with van der Waals surface area (Å²) in [5.41, 5.74) is 0.150. The van der Waals surface area contributed by atoms with Gasteiger partial charge < -0.3 is 39.8 Å². The molecule has 3 aromatic rings. The molecule has 52 heavy (non-hydrogen) atoms. The van der Waals surface area contributed by atoms with Crippen LogP contribution in [0.1, 0.15) is 84.1 Å². The largest absolute Gasteiger partial charge is 0.489 e. The van der Waals surface area contributed by atoms with Crippen molar-refractivity contribution in [1.82, 2.24) is 25.5 Å². The first kappa shape index (κ1) is 38.2. The number of amides is 3. The SMILES string of the molecule is CCc1c2c(nc3cc(F)c(OCCNC(=O)[C@H](C)NC(=O)[C@@H](NC(=O)OC(C)(C)C)C(C)C)cc13)-c1cc3c(c(=O)n1C2)COC(=O)[C@]3(O)CC. The Kier molecular flexibility index (Phi) is 10.7. The molecule has 15 heteroatoms. The normalized spacial score (nSPS) is 17.4. The van der Waals surface area contributed by atoms with E-state index in [2.05, 4.69) is 16.0 Å². The molecule has 5 rings (SSSR count). The van der Waals surface area contributed by atoms with Crippen molar-refractivity contribution < 1.29 is 42.9 Å². The van der Waals surface area contributed by atoms with Crippen LogP contribution in [0.3, 0.4) is 0 Å². The summed E-state index contributed by atoms with van der Waals surface area (Å²) in [6.07, 6.45) is -0.206. The fourth-order valence-corrected chi connectivity index (χ4v) is 6.50. The molecule has 4 N–H and O–H groups in total. The van der Waals surface area contributed by atoms with Gasteiger partial charge in [-0.2, -0.15) is 0 Å². The van der Waals surface area contributed by atoms with E-state index in [-0.39, 0.29) is 61.1 Å². The van der Waals surface area contributed by atoms with E-state index in [1.165, 1.54) is 17.6 Å². The number of fused-ring (bicyclic) bond motifs is 5. The molecular weight excluding hydrogens is 677 g/mol. The minimum absolute atomic E-state index is 0.00256. The lowest BCUT2D eigenvalue weighted by Gasteiger charge is -2.31. The fraction of sp³-hybridized carbons (Fsp3) is 0.514. The summed E-state index contributed by atoms with van der Waals surface area (Å²) in [5, 5.41) is 19.6. The molecule has 2 aliphatic heterocycles. The Morgan fingerprint density at radius 2 is 1.79 bits per heavy atom. The van der Waals surface area contributed by atoms with E-state index in [0.717, 1.165) is 11.1 Å². The average molecular weight is 724 g/mol. The smallest absolute Gasteiger partial charge is 0.408 e. The van der Waals surface area contributed by atoms with Crippen LogP contribution in [0, 0.1) is 11.7 Å². The minimum Gasteiger partial charge on any atom is -0.489 e. The highest BCUT2D eigenvalue weighted by molar-refractivity contribution is 5.92. The second kappa shape index (κ2) is 14.5. The van der Waals surface area contributed by atoms with E-state index in [9.17, 15) is 29.1 Å². The summed E-state index contributed by atoms with van der Waals surface area (Å²) in [5.74, 6) is -2.90. The van der Waals surface area contributed by atoms with Gasteiger partial charge in [-0.15, -0.1) is 0 Å². The van der Waals surface area contributed by atoms with Crippen molar-refractivity contribution in [2.75, 3.05) is 13.2 Å². The number of carbonyl (C=O) groups is 4. The summed E-state index contributed by atoms with van der Waals surface area (Å²) >= 11 is 0. The standard InChI is InChI=1S/C37H46FN5O9/c1-9-20-21-13-28(50-12-11-39-31(44)19(5)40-32(45)29(18(3)4)42-35(48)52-36(6,7)8)25(38)15-26(21)41-30-22(20)16-43-27(30)14-24-23(33(43)46)17-51-34(47)37(24,49)10-2/h13-15,18-19,29,49H,9-12,16-17H2,1-8H3,(H,39,44)(H,40,45)(H,42,48)/t19-,29-,37-/m0/s1. The molecule has 0 radical (unpaired) electrons. The van der Waals surface area contributed by atoms with Gasteiger partial charge in [0, 0.05) is 22.6 Å². The van der Waals surface area contributed by atoms with E-state index >= 15 is 4.39 Å². The van der Waals surface area contributed by atoms with E-state index in [0.29, 0.717) is 28.7 Å². The van der Waals surface area contributed by atoms with Crippen LogP contribution in [-0.4, -0.2) is 69.4 Å². The zero-order chi connectivity index (χ0) is 38.3. The third-order valence-electron chi connectivity index (χ3n) is 9.25. The zero-order valence-electron chi connectivity index (χ0n) is 30.7. The Balaban J connectivity index is 1.27. The number of aromatic nitrogens is 2. The van der Waals surface area contributed by atoms with Gasteiger partial charge in [0.15, 0.2) is 17.2 Å². The van der Waals surface area contributed by atoms with Crippen molar-refractivity contribution >= 4 is 34.8 Å². The van der Waals surface area contributed by atoms with Crippen molar-refractivity contribution in [3.05, 3.63) is 56.6 Å². The molecule has 0 aliphatic carbocycles. The first-order valence-corrected chi connectivity index (χ1v) is 17.4. The van der Waals surface area contributed by atoms with Crippen molar-refractivity contribution in [2.45, 2.75) is 105 Å². The van der Waals surface area contributed by atoms with Gasteiger partial charge in [0.05, 0.1) is 35.6 Å². The number of cyclic esters (lactones) is 1. The van der Waals surface area contributed by atoms with Gasteiger partial charge in [-0.25, -0.2) is 19.0 Å². The number of hydrogen-bond acceptors (Lipinski definition) is 10. The Morgan fingerprint density at radius 3 is 2.42 bits per heavy atom. The number of rotatable bonds is 11. The molecular formula is C37H46FN5O9. The molecule has 0 fully saturated rings. The van der Waals surface area contributed by atoms with Crippen molar-refractivity contribution in [1.29, 1.82) is 0 Å². The number of alkyl carbamates (subject to hydrolysis) is 1. The number of nitrogens with zero attached hydrogens (tertiary/aromatic N) is 2. The Labute approximate surface area is 300 Å². The molecule has 2 aromatic heterocycles. The summed E-state index contributed by atoms with van der Waals surface area (Å²) in [4.78, 5) is 68.7. The lowest BCUT2D eigenvalue weighted by Crippen LogP contribution is -2.55. The number of benzene rings is 1. The minimum atomic E-state index is -1.96. The maximum Gasteiger partial charge on any atom is 0.408 e. The highest BCUT2D eigenvalue weighted by Gasteiger charge is 2.45. The molecule has 3 atom stereocenters. The predicted molar refractivity (Wildman–Crippen MR) is 188 cm³/mol.